The third kappa shape index (κ3) is 4.83. The van der Waals surface area contributed by atoms with Crippen molar-refractivity contribution in [2.75, 3.05) is 4.90 Å². The van der Waals surface area contributed by atoms with Crippen LogP contribution in [-0.2, 0) is 15.4 Å². The molecule has 2 aliphatic rings. The van der Waals surface area contributed by atoms with Crippen LogP contribution in [0.4, 0.5) is 17.1 Å². The molecule has 0 spiro atoms. The van der Waals surface area contributed by atoms with Crippen molar-refractivity contribution in [2.45, 2.75) is 24.7 Å². The minimum Gasteiger partial charge on any atom is -0.310 e. The molecule has 264 valence electrons. The van der Waals surface area contributed by atoms with E-state index in [1.165, 1.54) is 50.3 Å². The Bertz CT molecular complexity index is 2670. The standard InChI is InChI=1S/C51H39N2OP/c1-50(2)46-25-13-14-26-48(46)53(38-16-5-3-6-17-38)49-32-29-37(34-47(49)50)51(44-23-11-9-21-42(44)43-22-10-12-24-45(43)51)36-27-30-40(31-28-36)55(54,39-18-7-4-8-19-39)41-20-15-33-52-35-41/h3-35H,1-2H3. The fraction of sp³-hybridized carbons (Fsp3) is 0.0784. The molecule has 0 saturated heterocycles. The second-order valence-electron chi connectivity index (χ2n) is 15.1. The third-order valence-corrected chi connectivity index (χ3v) is 15.0. The van der Waals surface area contributed by atoms with Crippen LogP contribution in [0.5, 0.6) is 0 Å². The zero-order valence-electron chi connectivity index (χ0n) is 30.8. The lowest BCUT2D eigenvalue weighted by Gasteiger charge is -2.43. The summed E-state index contributed by atoms with van der Waals surface area (Å²) in [5, 5.41) is 2.30. The Balaban J connectivity index is 1.23. The number of para-hydroxylation sites is 2. The van der Waals surface area contributed by atoms with Gasteiger partial charge in [-0.2, -0.15) is 0 Å². The molecule has 1 aromatic heterocycles. The quantitative estimate of drug-likeness (QED) is 0.160. The summed E-state index contributed by atoms with van der Waals surface area (Å²) in [7, 11) is -3.22. The molecule has 0 amide bonds. The molecule has 8 aromatic rings. The van der Waals surface area contributed by atoms with Gasteiger partial charge in [-0.15, -0.1) is 0 Å². The van der Waals surface area contributed by atoms with Crippen molar-refractivity contribution in [1.29, 1.82) is 0 Å². The van der Waals surface area contributed by atoms with Crippen LogP contribution >= 0.6 is 7.14 Å². The highest BCUT2D eigenvalue weighted by atomic mass is 31.2. The molecule has 1 unspecified atom stereocenters. The molecule has 0 saturated carbocycles. The molecule has 0 N–H and O–H groups in total. The fourth-order valence-corrected chi connectivity index (χ4v) is 11.9. The molecule has 7 aromatic carbocycles. The highest BCUT2D eigenvalue weighted by Gasteiger charge is 2.47. The summed E-state index contributed by atoms with van der Waals surface area (Å²) in [4.78, 5) is 6.81. The fourth-order valence-electron chi connectivity index (χ4n) is 9.36. The van der Waals surface area contributed by atoms with Crippen molar-refractivity contribution in [3.8, 4) is 11.1 Å². The van der Waals surface area contributed by atoms with Gasteiger partial charge in [0.2, 0.25) is 0 Å². The topological polar surface area (TPSA) is 33.2 Å². The van der Waals surface area contributed by atoms with E-state index in [0.29, 0.717) is 0 Å². The van der Waals surface area contributed by atoms with E-state index in [1.54, 1.807) is 12.4 Å². The summed E-state index contributed by atoms with van der Waals surface area (Å²) in [6.45, 7) is 4.71. The van der Waals surface area contributed by atoms with Gasteiger partial charge in [-0.05, 0) is 80.9 Å². The van der Waals surface area contributed by atoms with Crippen molar-refractivity contribution in [2.24, 2.45) is 0 Å². The number of aromatic nitrogens is 1. The predicted molar refractivity (Wildman–Crippen MR) is 228 cm³/mol. The molecule has 2 heterocycles. The third-order valence-electron chi connectivity index (χ3n) is 11.9. The molecule has 55 heavy (non-hydrogen) atoms. The van der Waals surface area contributed by atoms with Crippen LogP contribution in [0, 0.1) is 0 Å². The van der Waals surface area contributed by atoms with Crippen LogP contribution in [0.1, 0.15) is 47.2 Å². The minimum atomic E-state index is -3.22. The molecule has 4 heteroatoms. The minimum absolute atomic E-state index is 0.276. The Labute approximate surface area is 323 Å². The van der Waals surface area contributed by atoms with E-state index < -0.39 is 12.6 Å². The van der Waals surface area contributed by atoms with E-state index in [1.807, 2.05) is 42.5 Å². The van der Waals surface area contributed by atoms with Crippen molar-refractivity contribution in [3.05, 3.63) is 234 Å². The summed E-state index contributed by atoms with van der Waals surface area (Å²) < 4.78 is 15.4. The monoisotopic (exact) mass is 726 g/mol. The van der Waals surface area contributed by atoms with Gasteiger partial charge in [0, 0.05) is 39.4 Å². The lowest BCUT2D eigenvalue weighted by Crippen LogP contribution is -2.33. The van der Waals surface area contributed by atoms with E-state index >= 15 is 4.57 Å². The first kappa shape index (κ1) is 33.3. The van der Waals surface area contributed by atoms with Gasteiger partial charge in [0.1, 0.15) is 0 Å². The van der Waals surface area contributed by atoms with Crippen molar-refractivity contribution in [1.82, 2.24) is 4.98 Å². The SMILES string of the molecule is CC1(C)c2ccccc2N(c2ccccc2)c2ccc(C3(c4ccc(P(=O)(c5ccccc5)c5cccnc5)cc4)c4ccccc4-c4ccccc43)cc21. The van der Waals surface area contributed by atoms with Gasteiger partial charge < -0.3 is 9.46 Å². The van der Waals surface area contributed by atoms with Crippen LogP contribution < -0.4 is 20.8 Å². The Kier molecular flexibility index (Phi) is 7.66. The summed E-state index contributed by atoms with van der Waals surface area (Å²) in [5.41, 5.74) is 12.5. The van der Waals surface area contributed by atoms with Gasteiger partial charge in [0.25, 0.3) is 0 Å². The van der Waals surface area contributed by atoms with Crippen molar-refractivity contribution >= 4 is 40.1 Å². The Morgan fingerprint density at radius 2 is 1.00 bits per heavy atom. The van der Waals surface area contributed by atoms with Crippen LogP contribution in [0.2, 0.25) is 0 Å². The smallest absolute Gasteiger partial charge is 0.172 e. The van der Waals surface area contributed by atoms with Gasteiger partial charge in [0.05, 0.1) is 16.8 Å². The highest BCUT2D eigenvalue weighted by molar-refractivity contribution is 7.85. The van der Waals surface area contributed by atoms with Crippen LogP contribution in [-0.4, -0.2) is 4.98 Å². The maximum Gasteiger partial charge on any atom is 0.172 e. The molecule has 0 bridgehead atoms. The first-order chi connectivity index (χ1) is 26.9. The number of rotatable bonds is 6. The molecule has 10 rings (SSSR count). The van der Waals surface area contributed by atoms with E-state index in [0.717, 1.165) is 27.2 Å². The second kappa shape index (κ2) is 12.7. The zero-order valence-corrected chi connectivity index (χ0v) is 31.7. The molecule has 0 radical (unpaired) electrons. The second-order valence-corrected chi connectivity index (χ2v) is 17.9. The molecule has 1 atom stereocenters. The molecule has 1 aliphatic carbocycles. The maximum atomic E-state index is 15.4. The summed E-state index contributed by atoms with van der Waals surface area (Å²) >= 11 is 0. The largest absolute Gasteiger partial charge is 0.310 e. The summed E-state index contributed by atoms with van der Waals surface area (Å²) in [6.07, 6.45) is 3.48. The van der Waals surface area contributed by atoms with Gasteiger partial charge >= 0.3 is 0 Å². The van der Waals surface area contributed by atoms with E-state index in [-0.39, 0.29) is 5.41 Å². The first-order valence-electron chi connectivity index (χ1n) is 18.9. The van der Waals surface area contributed by atoms with E-state index in [9.17, 15) is 0 Å². The van der Waals surface area contributed by atoms with Gasteiger partial charge in [-0.3, -0.25) is 4.98 Å². The van der Waals surface area contributed by atoms with Crippen molar-refractivity contribution < 1.29 is 4.57 Å². The lowest BCUT2D eigenvalue weighted by atomic mass is 9.65. The van der Waals surface area contributed by atoms with E-state index in [2.05, 4.69) is 169 Å². The van der Waals surface area contributed by atoms with Crippen molar-refractivity contribution in [3.63, 3.8) is 0 Å². The number of hydrogen-bond donors (Lipinski definition) is 0. The number of anilines is 3. The lowest BCUT2D eigenvalue weighted by molar-refractivity contribution is 0.592. The summed E-state index contributed by atoms with van der Waals surface area (Å²) in [5.74, 6) is 0. The molecule has 3 nitrogen and oxygen atoms in total. The Morgan fingerprint density at radius 3 is 1.65 bits per heavy atom. The van der Waals surface area contributed by atoms with Crippen LogP contribution in [0.25, 0.3) is 11.1 Å². The molecule has 0 fully saturated rings. The molecule has 1 aliphatic heterocycles. The molecular formula is C51H39N2OP. The Hall–Kier alpha value is -6.28. The average molecular weight is 727 g/mol. The number of nitrogens with zero attached hydrogens (tertiary/aromatic N) is 2. The number of pyridine rings is 1. The predicted octanol–water partition coefficient (Wildman–Crippen LogP) is 11.2. The van der Waals surface area contributed by atoms with E-state index in [4.69, 9.17) is 0 Å². The average Bonchev–Trinajstić information content (AvgIpc) is 3.55. The summed E-state index contributed by atoms with van der Waals surface area (Å²) in [6, 6.07) is 66.6. The first-order valence-corrected chi connectivity index (χ1v) is 20.6. The number of fused-ring (bicyclic) bond motifs is 5. The molecular weight excluding hydrogens is 688 g/mol. The van der Waals surface area contributed by atoms with Gasteiger partial charge in [-0.25, -0.2) is 0 Å². The van der Waals surface area contributed by atoms with Gasteiger partial charge in [0.15, 0.2) is 7.14 Å². The normalized spacial score (nSPS) is 15.6. The van der Waals surface area contributed by atoms with Gasteiger partial charge in [-0.1, -0.05) is 166 Å². The maximum absolute atomic E-state index is 15.4. The zero-order chi connectivity index (χ0) is 37.2. The van der Waals surface area contributed by atoms with Crippen LogP contribution in [0.15, 0.2) is 200 Å². The Morgan fingerprint density at radius 1 is 0.473 bits per heavy atom. The number of benzene rings is 7. The number of hydrogen-bond acceptors (Lipinski definition) is 3. The van der Waals surface area contributed by atoms with Crippen LogP contribution in [0.3, 0.4) is 0 Å². The highest BCUT2D eigenvalue weighted by Crippen LogP contribution is 2.59.